The molecule has 0 saturated carbocycles. The normalized spacial score (nSPS) is 23.3. The van der Waals surface area contributed by atoms with Crippen molar-refractivity contribution in [1.29, 1.82) is 0 Å². The lowest BCUT2D eigenvalue weighted by molar-refractivity contribution is -0.132. The molecule has 154 valence electrons. The Bertz CT molecular complexity index is 583. The number of piperidine rings is 1. The van der Waals surface area contributed by atoms with E-state index in [0.29, 0.717) is 12.5 Å². The molecule has 3 N–H and O–H groups in total. The van der Waals surface area contributed by atoms with Crippen LogP contribution in [0, 0.1) is 5.92 Å². The van der Waals surface area contributed by atoms with Crippen molar-refractivity contribution >= 4 is 42.3 Å². The van der Waals surface area contributed by atoms with Gasteiger partial charge in [-0.05, 0) is 56.3 Å². The molecule has 8 heteroatoms. The van der Waals surface area contributed by atoms with Gasteiger partial charge in [-0.1, -0.05) is 29.8 Å². The van der Waals surface area contributed by atoms with Crippen LogP contribution in [-0.4, -0.2) is 49.2 Å². The number of nitrogens with one attached hydrogen (secondary N) is 1. The van der Waals surface area contributed by atoms with Crippen LogP contribution in [0.2, 0.25) is 5.02 Å². The molecule has 2 aliphatic heterocycles. The van der Waals surface area contributed by atoms with Gasteiger partial charge in [0.05, 0.1) is 6.10 Å². The van der Waals surface area contributed by atoms with Crippen molar-refractivity contribution in [1.82, 2.24) is 10.2 Å². The first kappa shape index (κ1) is 24.5. The van der Waals surface area contributed by atoms with Gasteiger partial charge in [-0.3, -0.25) is 9.69 Å². The minimum atomic E-state index is -0.311. The Balaban J connectivity index is 0.00000182. The first-order valence-electron chi connectivity index (χ1n) is 9.24. The Kier molecular flexibility index (Phi) is 11.0. The minimum absolute atomic E-state index is 0. The zero-order valence-corrected chi connectivity index (χ0v) is 17.8. The summed E-state index contributed by atoms with van der Waals surface area (Å²) in [6, 6.07) is 8.03. The average Bonchev–Trinajstić information content (AvgIpc) is 3.12. The van der Waals surface area contributed by atoms with Gasteiger partial charge in [-0.2, -0.15) is 0 Å². The van der Waals surface area contributed by atoms with Crippen LogP contribution in [0.1, 0.15) is 31.2 Å². The number of amides is 1. The van der Waals surface area contributed by atoms with E-state index in [1.165, 1.54) is 5.56 Å². The molecule has 2 heterocycles. The summed E-state index contributed by atoms with van der Waals surface area (Å²) in [4.78, 5) is 14.6. The van der Waals surface area contributed by atoms with Crippen LogP contribution in [0.15, 0.2) is 24.3 Å². The van der Waals surface area contributed by atoms with Crippen molar-refractivity contribution < 1.29 is 9.53 Å². The highest BCUT2D eigenvalue weighted by atomic mass is 35.5. The second-order valence-corrected chi connectivity index (χ2v) is 7.52. The van der Waals surface area contributed by atoms with Crippen LogP contribution in [0.4, 0.5) is 0 Å². The number of carbonyl (C=O) groups is 1. The number of nitrogens with zero attached hydrogens (tertiary/aromatic N) is 1. The quantitative estimate of drug-likeness (QED) is 0.716. The minimum Gasteiger partial charge on any atom is -0.364 e. The number of carbonyl (C=O) groups excluding carboxylic acids is 1. The number of hydrogen-bond donors (Lipinski definition) is 2. The fourth-order valence-corrected chi connectivity index (χ4v) is 3.84. The van der Waals surface area contributed by atoms with E-state index < -0.39 is 0 Å². The maximum atomic E-state index is 12.2. The molecule has 1 aromatic rings. The third-order valence-corrected chi connectivity index (χ3v) is 5.66. The predicted octanol–water partition coefficient (Wildman–Crippen LogP) is 3.02. The predicted molar refractivity (Wildman–Crippen MR) is 114 cm³/mol. The smallest absolute Gasteiger partial charge is 0.249 e. The summed E-state index contributed by atoms with van der Waals surface area (Å²) < 4.78 is 5.65. The highest BCUT2D eigenvalue weighted by molar-refractivity contribution is 6.31. The van der Waals surface area contributed by atoms with Crippen molar-refractivity contribution in [3.63, 3.8) is 0 Å². The van der Waals surface area contributed by atoms with Gasteiger partial charge in [-0.25, -0.2) is 0 Å². The lowest BCUT2D eigenvalue weighted by atomic mass is 9.96. The van der Waals surface area contributed by atoms with Gasteiger partial charge >= 0.3 is 0 Å². The zero-order chi connectivity index (χ0) is 17.6. The molecular weight excluding hydrogens is 409 g/mol. The molecule has 0 aliphatic carbocycles. The van der Waals surface area contributed by atoms with Gasteiger partial charge in [0, 0.05) is 24.7 Å². The van der Waals surface area contributed by atoms with Crippen molar-refractivity contribution in [2.75, 3.05) is 26.2 Å². The van der Waals surface area contributed by atoms with E-state index in [0.717, 1.165) is 56.9 Å². The third-order valence-electron chi connectivity index (χ3n) is 5.29. The van der Waals surface area contributed by atoms with Crippen molar-refractivity contribution in [2.45, 2.75) is 44.4 Å². The second kappa shape index (κ2) is 12.1. The van der Waals surface area contributed by atoms with E-state index in [2.05, 4.69) is 16.3 Å². The molecule has 0 bridgehead atoms. The summed E-state index contributed by atoms with van der Waals surface area (Å²) in [5.41, 5.74) is 6.78. The summed E-state index contributed by atoms with van der Waals surface area (Å²) >= 11 is 6.25. The molecule has 0 unspecified atom stereocenters. The Morgan fingerprint density at radius 2 is 1.89 bits per heavy atom. The van der Waals surface area contributed by atoms with E-state index in [4.69, 9.17) is 22.1 Å². The van der Waals surface area contributed by atoms with Gasteiger partial charge < -0.3 is 15.8 Å². The summed E-state index contributed by atoms with van der Waals surface area (Å²) in [7, 11) is 0. The lowest BCUT2D eigenvalue weighted by Gasteiger charge is -2.32. The van der Waals surface area contributed by atoms with E-state index >= 15 is 0 Å². The number of ether oxygens (including phenoxy) is 1. The lowest BCUT2D eigenvalue weighted by Crippen LogP contribution is -2.41. The van der Waals surface area contributed by atoms with Crippen LogP contribution < -0.4 is 11.1 Å². The van der Waals surface area contributed by atoms with Crippen molar-refractivity contribution in [3.8, 4) is 0 Å². The molecule has 2 fully saturated rings. The highest BCUT2D eigenvalue weighted by Crippen LogP contribution is 2.22. The van der Waals surface area contributed by atoms with Gasteiger partial charge in [0.25, 0.3) is 0 Å². The molecule has 27 heavy (non-hydrogen) atoms. The second-order valence-electron chi connectivity index (χ2n) is 7.12. The summed E-state index contributed by atoms with van der Waals surface area (Å²) in [6.07, 6.45) is 3.60. The fraction of sp³-hybridized carbons (Fsp3) is 0.632. The molecule has 5 nitrogen and oxygen atoms in total. The number of likely N-dealkylation sites (tertiary alicyclic amines) is 1. The first-order valence-corrected chi connectivity index (χ1v) is 9.62. The van der Waals surface area contributed by atoms with Crippen LogP contribution in [0.5, 0.6) is 0 Å². The molecule has 1 amide bonds. The molecule has 1 aromatic carbocycles. The Hall–Kier alpha value is -0.560. The van der Waals surface area contributed by atoms with Gasteiger partial charge in [0.15, 0.2) is 0 Å². The van der Waals surface area contributed by atoms with Crippen LogP contribution in [0.3, 0.4) is 0 Å². The van der Waals surface area contributed by atoms with Crippen LogP contribution in [0.25, 0.3) is 0 Å². The van der Waals surface area contributed by atoms with Gasteiger partial charge in [0.2, 0.25) is 5.91 Å². The number of rotatable bonds is 6. The first-order chi connectivity index (χ1) is 12.2. The molecule has 0 spiro atoms. The van der Waals surface area contributed by atoms with Crippen molar-refractivity contribution in [2.24, 2.45) is 11.7 Å². The molecule has 2 saturated heterocycles. The summed E-state index contributed by atoms with van der Waals surface area (Å²) in [5, 5.41) is 3.91. The molecule has 2 aliphatic rings. The SMILES string of the molecule is Cl.Cl.NC[C@H]1CC[C@@H](C(=O)NCC2CCN(Cc3ccccc3Cl)CC2)O1. The number of hydrogen-bond acceptors (Lipinski definition) is 4. The standard InChI is InChI=1S/C19H28ClN3O2.2ClH/c20-17-4-2-1-3-15(17)13-23-9-7-14(8-10-23)12-22-19(24)18-6-5-16(11-21)25-18;;/h1-4,14,16,18H,5-13,21H2,(H,22,24);2*1H/t16-,18+;;/m1../s1. The Morgan fingerprint density at radius 1 is 1.19 bits per heavy atom. The third kappa shape index (κ3) is 7.08. The van der Waals surface area contributed by atoms with E-state index in [1.54, 1.807) is 0 Å². The fourth-order valence-electron chi connectivity index (χ4n) is 3.65. The number of benzene rings is 1. The molecular formula is C19H30Cl3N3O2. The van der Waals surface area contributed by atoms with E-state index in [1.807, 2.05) is 18.2 Å². The summed E-state index contributed by atoms with van der Waals surface area (Å²) in [6.45, 7) is 4.22. The van der Waals surface area contributed by atoms with Gasteiger partial charge in [-0.15, -0.1) is 24.8 Å². The molecule has 0 aromatic heterocycles. The monoisotopic (exact) mass is 437 g/mol. The van der Waals surface area contributed by atoms with Crippen molar-refractivity contribution in [3.05, 3.63) is 34.9 Å². The molecule has 0 radical (unpaired) electrons. The maximum Gasteiger partial charge on any atom is 0.249 e. The van der Waals surface area contributed by atoms with E-state index in [-0.39, 0.29) is 42.9 Å². The topological polar surface area (TPSA) is 67.6 Å². The number of nitrogens with two attached hydrogens (primary N) is 1. The largest absolute Gasteiger partial charge is 0.364 e. The molecule has 2 atom stereocenters. The van der Waals surface area contributed by atoms with Crippen LogP contribution >= 0.6 is 36.4 Å². The average molecular weight is 439 g/mol. The summed E-state index contributed by atoms with van der Waals surface area (Å²) in [5.74, 6) is 0.563. The number of halogens is 3. The maximum absolute atomic E-state index is 12.2. The molecule has 3 rings (SSSR count). The Labute approximate surface area is 179 Å². The van der Waals surface area contributed by atoms with E-state index in [9.17, 15) is 4.79 Å². The Morgan fingerprint density at radius 3 is 2.52 bits per heavy atom. The van der Waals surface area contributed by atoms with Gasteiger partial charge in [0.1, 0.15) is 6.10 Å². The highest BCUT2D eigenvalue weighted by Gasteiger charge is 2.30. The zero-order valence-electron chi connectivity index (χ0n) is 15.4. The van der Waals surface area contributed by atoms with Crippen LogP contribution in [-0.2, 0) is 16.1 Å².